The summed E-state index contributed by atoms with van der Waals surface area (Å²) in [6.45, 7) is 0.661. The van der Waals surface area contributed by atoms with E-state index in [-0.39, 0.29) is 18.3 Å². The highest BCUT2D eigenvalue weighted by Gasteiger charge is 2.02. The summed E-state index contributed by atoms with van der Waals surface area (Å²) in [5, 5.41) is 11.5. The van der Waals surface area contributed by atoms with Crippen LogP contribution in [0.2, 0.25) is 0 Å². The first-order valence-corrected chi connectivity index (χ1v) is 12.6. The Kier molecular flexibility index (Phi) is 21.9. The van der Waals surface area contributed by atoms with E-state index in [0.29, 0.717) is 25.8 Å². The van der Waals surface area contributed by atoms with E-state index in [4.69, 9.17) is 5.11 Å². The second-order valence-corrected chi connectivity index (χ2v) is 8.58. The molecule has 0 atom stereocenters. The van der Waals surface area contributed by atoms with Crippen molar-refractivity contribution < 1.29 is 24.2 Å². The number of unbranched alkanes of at least 4 members (excludes halogenated alkanes) is 15. The Morgan fingerprint density at radius 2 is 0.968 bits per heavy atom. The highest BCUT2D eigenvalue weighted by molar-refractivity contribution is 5.75. The Morgan fingerprint density at radius 3 is 1.42 bits per heavy atom. The van der Waals surface area contributed by atoms with Crippen LogP contribution in [0.5, 0.6) is 0 Å². The van der Waals surface area contributed by atoms with Crippen molar-refractivity contribution in [2.45, 2.75) is 128 Å². The molecule has 0 rings (SSSR count). The topological polar surface area (TPSA) is 92.7 Å². The molecule has 0 bridgehead atoms. The van der Waals surface area contributed by atoms with E-state index in [1.54, 1.807) is 0 Å². The molecule has 2 N–H and O–H groups in total. The molecule has 6 heteroatoms. The van der Waals surface area contributed by atoms with Crippen LogP contribution in [0, 0.1) is 0 Å². The number of hydrogen-bond donors (Lipinski definition) is 2. The van der Waals surface area contributed by atoms with Gasteiger partial charge in [-0.15, -0.1) is 0 Å². The van der Waals surface area contributed by atoms with Crippen LogP contribution >= 0.6 is 0 Å². The highest BCUT2D eigenvalue weighted by Crippen LogP contribution is 2.14. The van der Waals surface area contributed by atoms with Crippen molar-refractivity contribution in [2.75, 3.05) is 13.7 Å². The monoisotopic (exact) mass is 441 g/mol. The van der Waals surface area contributed by atoms with Crippen LogP contribution in [0.15, 0.2) is 0 Å². The SMILES string of the molecule is COC(=O)CCCCCCCCCCCCCCCCC(=O)NCCCCCC(=O)O. The number of hydrogen-bond acceptors (Lipinski definition) is 4. The van der Waals surface area contributed by atoms with Gasteiger partial charge in [0.15, 0.2) is 0 Å². The fourth-order valence-electron chi connectivity index (χ4n) is 3.67. The van der Waals surface area contributed by atoms with Crippen molar-refractivity contribution in [1.82, 2.24) is 5.32 Å². The Morgan fingerprint density at radius 1 is 0.581 bits per heavy atom. The molecule has 0 aromatic carbocycles. The van der Waals surface area contributed by atoms with Crippen LogP contribution in [0.3, 0.4) is 0 Å². The van der Waals surface area contributed by atoms with Gasteiger partial charge in [0.2, 0.25) is 5.91 Å². The number of methoxy groups -OCH3 is 1. The van der Waals surface area contributed by atoms with Crippen LogP contribution in [0.4, 0.5) is 0 Å². The fourth-order valence-corrected chi connectivity index (χ4v) is 3.67. The number of carbonyl (C=O) groups is 3. The summed E-state index contributed by atoms with van der Waals surface area (Å²) in [6, 6.07) is 0. The van der Waals surface area contributed by atoms with Gasteiger partial charge in [0, 0.05) is 25.8 Å². The zero-order valence-corrected chi connectivity index (χ0v) is 19.9. The molecule has 0 aromatic rings. The van der Waals surface area contributed by atoms with Gasteiger partial charge in [0.05, 0.1) is 7.11 Å². The Labute approximate surface area is 189 Å². The lowest BCUT2D eigenvalue weighted by Gasteiger charge is -2.05. The first-order chi connectivity index (χ1) is 15.1. The van der Waals surface area contributed by atoms with E-state index in [0.717, 1.165) is 38.5 Å². The number of amides is 1. The maximum absolute atomic E-state index is 11.7. The zero-order chi connectivity index (χ0) is 23.0. The maximum atomic E-state index is 11.7. The van der Waals surface area contributed by atoms with Crippen LogP contribution in [0.25, 0.3) is 0 Å². The minimum Gasteiger partial charge on any atom is -0.481 e. The largest absolute Gasteiger partial charge is 0.481 e. The van der Waals surface area contributed by atoms with Gasteiger partial charge in [-0.3, -0.25) is 14.4 Å². The van der Waals surface area contributed by atoms with E-state index in [2.05, 4.69) is 10.1 Å². The van der Waals surface area contributed by atoms with Crippen molar-refractivity contribution in [3.63, 3.8) is 0 Å². The quantitative estimate of drug-likeness (QED) is 0.146. The van der Waals surface area contributed by atoms with Crippen molar-refractivity contribution in [3.8, 4) is 0 Å². The van der Waals surface area contributed by atoms with Crippen LogP contribution in [0.1, 0.15) is 128 Å². The number of aliphatic carboxylic acids is 1. The van der Waals surface area contributed by atoms with E-state index < -0.39 is 5.97 Å². The molecule has 0 saturated heterocycles. The summed E-state index contributed by atoms with van der Waals surface area (Å²) in [7, 11) is 1.45. The third kappa shape index (κ3) is 24.6. The number of carboxylic acid groups (broad SMARTS) is 1. The number of rotatable bonds is 23. The first kappa shape index (κ1) is 29.4. The summed E-state index contributed by atoms with van der Waals surface area (Å²) < 4.78 is 4.64. The summed E-state index contributed by atoms with van der Waals surface area (Å²) in [4.78, 5) is 33.1. The Hall–Kier alpha value is -1.59. The van der Waals surface area contributed by atoms with E-state index in [1.165, 1.54) is 71.3 Å². The van der Waals surface area contributed by atoms with Crippen LogP contribution in [-0.4, -0.2) is 36.6 Å². The average Bonchev–Trinajstić information content (AvgIpc) is 2.75. The van der Waals surface area contributed by atoms with Crippen molar-refractivity contribution in [1.29, 1.82) is 0 Å². The highest BCUT2D eigenvalue weighted by atomic mass is 16.5. The average molecular weight is 442 g/mol. The molecule has 0 heterocycles. The molecule has 6 nitrogen and oxygen atoms in total. The van der Waals surface area contributed by atoms with Crippen molar-refractivity contribution in [3.05, 3.63) is 0 Å². The molecule has 0 aromatic heterocycles. The van der Waals surface area contributed by atoms with Crippen molar-refractivity contribution in [2.24, 2.45) is 0 Å². The van der Waals surface area contributed by atoms with Gasteiger partial charge in [0.1, 0.15) is 0 Å². The summed E-state index contributed by atoms with van der Waals surface area (Å²) in [6.07, 6.45) is 20.9. The van der Waals surface area contributed by atoms with Gasteiger partial charge in [-0.05, 0) is 25.7 Å². The Bertz CT molecular complexity index is 453. The molecule has 0 aliphatic carbocycles. The molecule has 0 unspecified atom stereocenters. The maximum Gasteiger partial charge on any atom is 0.305 e. The summed E-state index contributed by atoms with van der Waals surface area (Å²) in [5.74, 6) is -0.716. The lowest BCUT2D eigenvalue weighted by atomic mass is 10.0. The molecule has 0 radical (unpaired) electrons. The van der Waals surface area contributed by atoms with E-state index >= 15 is 0 Å². The number of ether oxygens (including phenoxy) is 1. The molecular weight excluding hydrogens is 394 g/mol. The minimum atomic E-state index is -0.749. The molecule has 1 amide bonds. The standard InChI is InChI=1S/C25H47NO5/c1-31-25(30)21-17-13-11-9-7-5-3-2-4-6-8-10-12-15-19-23(27)26-22-18-14-16-20-24(28)29/h2-22H2,1H3,(H,26,27)(H,28,29). The summed E-state index contributed by atoms with van der Waals surface area (Å²) >= 11 is 0. The van der Waals surface area contributed by atoms with Crippen molar-refractivity contribution >= 4 is 17.8 Å². The molecule has 182 valence electrons. The smallest absolute Gasteiger partial charge is 0.305 e. The normalized spacial score (nSPS) is 10.7. The van der Waals surface area contributed by atoms with E-state index in [9.17, 15) is 14.4 Å². The third-order valence-corrected chi connectivity index (χ3v) is 5.65. The second kappa shape index (κ2) is 23.1. The van der Waals surface area contributed by atoms with Gasteiger partial charge >= 0.3 is 11.9 Å². The minimum absolute atomic E-state index is 0.0937. The van der Waals surface area contributed by atoms with Gasteiger partial charge in [-0.1, -0.05) is 83.5 Å². The number of nitrogens with one attached hydrogen (secondary N) is 1. The third-order valence-electron chi connectivity index (χ3n) is 5.65. The van der Waals surface area contributed by atoms with Gasteiger partial charge in [0.25, 0.3) is 0 Å². The molecule has 0 aliphatic rings. The fraction of sp³-hybridized carbons (Fsp3) is 0.880. The predicted octanol–water partition coefficient (Wildman–Crippen LogP) is 6.16. The number of esters is 1. The van der Waals surface area contributed by atoms with Gasteiger partial charge in [-0.25, -0.2) is 0 Å². The molecule has 0 spiro atoms. The molecule has 31 heavy (non-hydrogen) atoms. The second-order valence-electron chi connectivity index (χ2n) is 8.58. The summed E-state index contributed by atoms with van der Waals surface area (Å²) in [5.41, 5.74) is 0. The molecule has 0 aliphatic heterocycles. The Balaban J connectivity index is 3.17. The van der Waals surface area contributed by atoms with Crippen LogP contribution < -0.4 is 5.32 Å². The molecule has 0 fully saturated rings. The number of carbonyl (C=O) groups excluding carboxylic acids is 2. The zero-order valence-electron chi connectivity index (χ0n) is 19.9. The lowest BCUT2D eigenvalue weighted by molar-refractivity contribution is -0.141. The predicted molar refractivity (Wildman–Crippen MR) is 125 cm³/mol. The van der Waals surface area contributed by atoms with Gasteiger partial charge < -0.3 is 15.2 Å². The van der Waals surface area contributed by atoms with Gasteiger partial charge in [-0.2, -0.15) is 0 Å². The lowest BCUT2D eigenvalue weighted by Crippen LogP contribution is -2.23. The molecular formula is C25H47NO5. The van der Waals surface area contributed by atoms with E-state index in [1.807, 2.05) is 0 Å². The molecule has 0 saturated carbocycles. The first-order valence-electron chi connectivity index (χ1n) is 12.6. The number of carboxylic acids is 1. The van der Waals surface area contributed by atoms with Crippen LogP contribution in [-0.2, 0) is 19.1 Å².